The highest BCUT2D eigenvalue weighted by molar-refractivity contribution is 6.31. The van der Waals surface area contributed by atoms with Crippen LogP contribution in [-0.4, -0.2) is 63.1 Å². The van der Waals surface area contributed by atoms with Crippen molar-refractivity contribution in [3.8, 4) is 0 Å². The van der Waals surface area contributed by atoms with Gasteiger partial charge in [-0.15, -0.1) is 0 Å². The minimum Gasteiger partial charge on any atom is -0.393 e. The first-order valence-corrected chi connectivity index (χ1v) is 9.51. The number of carbonyl (C=O) groups is 2. The molecule has 3 amide bonds. The van der Waals surface area contributed by atoms with Gasteiger partial charge in [-0.05, 0) is 12.1 Å². The van der Waals surface area contributed by atoms with Gasteiger partial charge in [0.05, 0.1) is 30.4 Å². The number of benzene rings is 1. The molecule has 0 aliphatic carbocycles. The maximum Gasteiger partial charge on any atom is 0.322 e. The number of halogens is 3. The van der Waals surface area contributed by atoms with Crippen molar-refractivity contribution in [2.75, 3.05) is 25.5 Å². The van der Waals surface area contributed by atoms with E-state index in [0.29, 0.717) is 17.7 Å². The summed E-state index contributed by atoms with van der Waals surface area (Å²) < 4.78 is 29.5. The number of aromatic nitrogens is 2. The molecule has 0 bridgehead atoms. The predicted molar refractivity (Wildman–Crippen MR) is 101 cm³/mol. The Morgan fingerprint density at radius 3 is 2.93 bits per heavy atom. The topological polar surface area (TPSA) is 99.9 Å². The molecule has 1 aromatic carbocycles. The molecule has 0 spiro atoms. The minimum atomic E-state index is -1.06. The Kier molecular flexibility index (Phi) is 5.35. The Morgan fingerprint density at radius 2 is 2.20 bits per heavy atom. The first-order valence-electron chi connectivity index (χ1n) is 9.13. The van der Waals surface area contributed by atoms with Gasteiger partial charge in [-0.1, -0.05) is 11.6 Å². The molecule has 160 valence electrons. The summed E-state index contributed by atoms with van der Waals surface area (Å²) in [6, 6.07) is 1.28. The third kappa shape index (κ3) is 3.48. The number of urea groups is 1. The fraction of sp³-hybridized carbons (Fsp3) is 0.389. The normalized spacial score (nSPS) is 18.7. The Labute approximate surface area is 174 Å². The Hall–Kier alpha value is -2.76. The summed E-state index contributed by atoms with van der Waals surface area (Å²) in [5.74, 6) is -2.48. The molecule has 12 heteroatoms. The average Bonchev–Trinajstić information content (AvgIpc) is 3.03. The van der Waals surface area contributed by atoms with Crippen molar-refractivity contribution in [1.82, 2.24) is 19.7 Å². The first kappa shape index (κ1) is 20.5. The number of aliphatic hydroxyl groups is 1. The molecule has 30 heavy (non-hydrogen) atoms. The molecule has 4 rings (SSSR count). The number of nitrogens with one attached hydrogen (secondary N) is 1. The summed E-state index contributed by atoms with van der Waals surface area (Å²) in [6.45, 7) is 0.125. The zero-order valence-electron chi connectivity index (χ0n) is 15.9. The highest BCUT2D eigenvalue weighted by Crippen LogP contribution is 2.28. The molecule has 2 N–H and O–H groups in total. The van der Waals surface area contributed by atoms with E-state index in [1.54, 1.807) is 0 Å². The fourth-order valence-electron chi connectivity index (χ4n) is 3.54. The summed E-state index contributed by atoms with van der Waals surface area (Å²) in [4.78, 5) is 32.1. The number of amides is 3. The van der Waals surface area contributed by atoms with Gasteiger partial charge in [0, 0.05) is 25.6 Å². The van der Waals surface area contributed by atoms with Crippen molar-refractivity contribution in [1.29, 1.82) is 0 Å². The van der Waals surface area contributed by atoms with Crippen LogP contribution < -0.4 is 5.32 Å². The van der Waals surface area contributed by atoms with Crippen molar-refractivity contribution >= 4 is 29.2 Å². The molecular formula is C18H18ClF2N5O4. The second-order valence-corrected chi connectivity index (χ2v) is 7.40. The van der Waals surface area contributed by atoms with Gasteiger partial charge in [0.2, 0.25) is 0 Å². The van der Waals surface area contributed by atoms with Gasteiger partial charge >= 0.3 is 6.03 Å². The van der Waals surface area contributed by atoms with Crippen LogP contribution in [0.4, 0.5) is 19.3 Å². The summed E-state index contributed by atoms with van der Waals surface area (Å²) in [5, 5.41) is 16.8. The molecule has 3 heterocycles. The van der Waals surface area contributed by atoms with Gasteiger partial charge in [-0.3, -0.25) is 14.3 Å². The Balaban J connectivity index is 1.60. The molecule has 0 fully saturated rings. The van der Waals surface area contributed by atoms with E-state index in [1.807, 2.05) is 0 Å². The van der Waals surface area contributed by atoms with Crippen LogP contribution in [0.5, 0.6) is 0 Å². The number of nitrogens with zero attached hydrogens (tertiary/aromatic N) is 4. The van der Waals surface area contributed by atoms with Gasteiger partial charge in [0.1, 0.15) is 23.3 Å². The lowest BCUT2D eigenvalue weighted by molar-refractivity contribution is -0.159. The summed E-state index contributed by atoms with van der Waals surface area (Å²) >= 11 is 5.67. The molecule has 0 saturated carbocycles. The largest absolute Gasteiger partial charge is 0.393 e. The number of carbonyl (C=O) groups excluding carboxylic acids is 2. The zero-order valence-corrected chi connectivity index (χ0v) is 16.6. The van der Waals surface area contributed by atoms with E-state index in [4.69, 9.17) is 16.4 Å². The average molecular weight is 442 g/mol. The number of anilines is 1. The molecular weight excluding hydrogens is 424 g/mol. The molecule has 2 aliphatic heterocycles. The molecule has 1 atom stereocenters. The zero-order chi connectivity index (χ0) is 21.6. The van der Waals surface area contributed by atoms with Crippen LogP contribution in [0.3, 0.4) is 0 Å². The van der Waals surface area contributed by atoms with E-state index < -0.39 is 35.4 Å². The lowest BCUT2D eigenvalue weighted by Crippen LogP contribution is -2.40. The maximum absolute atomic E-state index is 14.1. The van der Waals surface area contributed by atoms with Crippen LogP contribution in [0.2, 0.25) is 5.02 Å². The third-order valence-electron chi connectivity index (χ3n) is 5.04. The SMILES string of the molecule is CN1OC(CO)Cn2nc3c(c2C1=O)CN(C(=O)Nc1c(F)ccc(Cl)c1F)CC3. The van der Waals surface area contributed by atoms with E-state index in [1.165, 1.54) is 16.6 Å². The van der Waals surface area contributed by atoms with Crippen LogP contribution >= 0.6 is 11.6 Å². The molecule has 9 nitrogen and oxygen atoms in total. The van der Waals surface area contributed by atoms with Crippen molar-refractivity contribution in [3.63, 3.8) is 0 Å². The first-order chi connectivity index (χ1) is 14.3. The second kappa shape index (κ2) is 7.82. The van der Waals surface area contributed by atoms with Crippen molar-refractivity contribution in [2.24, 2.45) is 0 Å². The number of aliphatic hydroxyl groups excluding tert-OH is 1. The summed E-state index contributed by atoms with van der Waals surface area (Å²) in [6.07, 6.45) is -0.292. The molecule has 2 aliphatic rings. The summed E-state index contributed by atoms with van der Waals surface area (Å²) in [7, 11) is 1.43. The van der Waals surface area contributed by atoms with Gasteiger partial charge in [0.15, 0.2) is 5.82 Å². The maximum atomic E-state index is 14.1. The Bertz CT molecular complexity index is 1030. The van der Waals surface area contributed by atoms with Crippen molar-refractivity contribution in [2.45, 2.75) is 25.6 Å². The van der Waals surface area contributed by atoms with Crippen LogP contribution in [0, 0.1) is 11.6 Å². The van der Waals surface area contributed by atoms with Gasteiger partial charge in [0.25, 0.3) is 5.91 Å². The number of fused-ring (bicyclic) bond motifs is 3. The monoisotopic (exact) mass is 441 g/mol. The lowest BCUT2D eigenvalue weighted by atomic mass is 10.1. The van der Waals surface area contributed by atoms with Crippen molar-refractivity contribution < 1.29 is 28.3 Å². The van der Waals surface area contributed by atoms with Crippen LogP contribution in [0.15, 0.2) is 12.1 Å². The Morgan fingerprint density at radius 1 is 1.43 bits per heavy atom. The van der Waals surface area contributed by atoms with Gasteiger partial charge in [-0.25, -0.2) is 18.6 Å². The predicted octanol–water partition coefficient (Wildman–Crippen LogP) is 1.78. The highest BCUT2D eigenvalue weighted by atomic mass is 35.5. The lowest BCUT2D eigenvalue weighted by Gasteiger charge is -2.27. The van der Waals surface area contributed by atoms with E-state index in [-0.39, 0.29) is 37.0 Å². The molecule has 1 aromatic heterocycles. The summed E-state index contributed by atoms with van der Waals surface area (Å²) in [5.41, 5.74) is 0.792. The molecule has 0 saturated heterocycles. The number of hydroxylamine groups is 2. The molecule has 1 unspecified atom stereocenters. The van der Waals surface area contributed by atoms with Gasteiger partial charge in [-0.2, -0.15) is 5.10 Å². The molecule has 2 aromatic rings. The van der Waals surface area contributed by atoms with Crippen LogP contribution in [-0.2, 0) is 24.3 Å². The quantitative estimate of drug-likeness (QED) is 0.692. The van der Waals surface area contributed by atoms with E-state index >= 15 is 0 Å². The van der Waals surface area contributed by atoms with Crippen LogP contribution in [0.1, 0.15) is 21.7 Å². The standard InChI is InChI=1S/C18H18ClF2N5O4/c1-24-17(28)16-10-7-25(5-4-13(10)23-26(16)6-9(8-27)30-24)18(29)22-15-12(20)3-2-11(19)14(15)21/h2-3,9,27H,4-8H2,1H3,(H,22,29). The molecule has 0 radical (unpaired) electrons. The van der Waals surface area contributed by atoms with Crippen LogP contribution in [0.25, 0.3) is 0 Å². The minimum absolute atomic E-state index is 0.0175. The van der Waals surface area contributed by atoms with E-state index in [2.05, 4.69) is 10.4 Å². The number of hydrogen-bond acceptors (Lipinski definition) is 5. The highest BCUT2D eigenvalue weighted by Gasteiger charge is 2.35. The third-order valence-corrected chi connectivity index (χ3v) is 5.33. The number of rotatable bonds is 2. The number of hydrogen-bond donors (Lipinski definition) is 2. The van der Waals surface area contributed by atoms with Crippen molar-refractivity contribution in [3.05, 3.63) is 45.7 Å². The second-order valence-electron chi connectivity index (χ2n) is 6.99. The van der Waals surface area contributed by atoms with Gasteiger partial charge < -0.3 is 15.3 Å². The smallest absolute Gasteiger partial charge is 0.322 e. The van der Waals surface area contributed by atoms with E-state index in [9.17, 15) is 23.5 Å². The van der Waals surface area contributed by atoms with E-state index in [0.717, 1.165) is 17.2 Å². The fourth-order valence-corrected chi connectivity index (χ4v) is 3.69.